The van der Waals surface area contributed by atoms with Crippen LogP contribution in [0.25, 0.3) is 0 Å². The molecule has 1 N–H and O–H groups in total. The number of esters is 1. The lowest BCUT2D eigenvalue weighted by Crippen LogP contribution is -2.73. The maximum atomic E-state index is 14.2. The molecule has 12 heteroatoms. The van der Waals surface area contributed by atoms with Gasteiger partial charge in [-0.15, -0.1) is 0 Å². The van der Waals surface area contributed by atoms with Gasteiger partial charge >= 0.3 is 12.1 Å². The maximum Gasteiger partial charge on any atom is 0.408 e. The molecule has 1 unspecified atom stereocenters. The van der Waals surface area contributed by atoms with Crippen LogP contribution in [0.2, 0.25) is 0 Å². The van der Waals surface area contributed by atoms with Crippen molar-refractivity contribution in [1.29, 1.82) is 0 Å². The number of fused-ring (bicyclic) bond motifs is 1. The van der Waals surface area contributed by atoms with E-state index in [0.29, 0.717) is 35.4 Å². The number of pyridine rings is 1. The van der Waals surface area contributed by atoms with E-state index in [-0.39, 0.29) is 22.9 Å². The molecule has 0 bridgehead atoms. The maximum absolute atomic E-state index is 14.2. The summed E-state index contributed by atoms with van der Waals surface area (Å²) >= 11 is 0. The predicted octanol–water partition coefficient (Wildman–Crippen LogP) is 4.16. The van der Waals surface area contributed by atoms with Gasteiger partial charge in [0.25, 0.3) is 11.8 Å². The van der Waals surface area contributed by atoms with Gasteiger partial charge in [-0.1, -0.05) is 60.7 Å². The molecule has 0 aliphatic carbocycles. The van der Waals surface area contributed by atoms with Crippen LogP contribution in [0.15, 0.2) is 108 Å². The van der Waals surface area contributed by atoms with Gasteiger partial charge in [-0.2, -0.15) is 0 Å². The molecule has 3 amide bonds. The number of anilines is 1. The first-order valence-electron chi connectivity index (χ1n) is 15.2. The first kappa shape index (κ1) is 31.9. The summed E-state index contributed by atoms with van der Waals surface area (Å²) in [6.07, 6.45) is 3.46. The number of nitrogens with one attached hydrogen (secondary N) is 1. The highest BCUT2D eigenvalue weighted by Gasteiger charge is 2.58. The van der Waals surface area contributed by atoms with Gasteiger partial charge in [-0.05, 0) is 62.1 Å². The van der Waals surface area contributed by atoms with Crippen LogP contribution in [-0.4, -0.2) is 67.3 Å². The van der Waals surface area contributed by atoms with Crippen LogP contribution in [0.5, 0.6) is 0 Å². The molecule has 2 fully saturated rings. The van der Waals surface area contributed by atoms with Crippen molar-refractivity contribution in [2.24, 2.45) is 0 Å². The molecule has 0 radical (unpaired) electrons. The minimum atomic E-state index is -1.74. The lowest BCUT2D eigenvalue weighted by atomic mass is 10.00. The van der Waals surface area contributed by atoms with Crippen LogP contribution in [0.1, 0.15) is 44.4 Å². The van der Waals surface area contributed by atoms with Crippen molar-refractivity contribution < 1.29 is 32.9 Å². The summed E-state index contributed by atoms with van der Waals surface area (Å²) < 4.78 is 25.1. The summed E-state index contributed by atoms with van der Waals surface area (Å²) in [6, 6.07) is 20.7. The second-order valence-electron chi connectivity index (χ2n) is 12.3. The van der Waals surface area contributed by atoms with Crippen LogP contribution >= 0.6 is 0 Å². The van der Waals surface area contributed by atoms with Crippen LogP contribution in [0.3, 0.4) is 0 Å². The van der Waals surface area contributed by atoms with Crippen molar-refractivity contribution in [2.75, 3.05) is 17.2 Å². The van der Waals surface area contributed by atoms with E-state index in [2.05, 4.69) is 10.3 Å². The zero-order valence-corrected chi connectivity index (χ0v) is 26.9. The fraction of sp³-hybridized carbons (Fsp3) is 0.286. The van der Waals surface area contributed by atoms with Gasteiger partial charge in [-0.3, -0.25) is 23.7 Å². The third-order valence-electron chi connectivity index (χ3n) is 7.88. The smallest absolute Gasteiger partial charge is 0.408 e. The fourth-order valence-electron chi connectivity index (χ4n) is 5.80. The van der Waals surface area contributed by atoms with Gasteiger partial charge in [0.1, 0.15) is 22.7 Å². The van der Waals surface area contributed by atoms with Crippen molar-refractivity contribution >= 4 is 40.4 Å². The molecule has 2 aromatic carbocycles. The second-order valence-corrected chi connectivity index (χ2v) is 13.8. The quantitative estimate of drug-likeness (QED) is 0.228. The number of benzene rings is 2. The van der Waals surface area contributed by atoms with E-state index in [9.17, 15) is 23.4 Å². The molecular weight excluding hydrogens is 620 g/mol. The van der Waals surface area contributed by atoms with Gasteiger partial charge in [0, 0.05) is 18.3 Å². The number of hydrogen-bond donors (Lipinski definition) is 1. The van der Waals surface area contributed by atoms with E-state index in [0.717, 1.165) is 4.90 Å². The first-order valence-corrected chi connectivity index (χ1v) is 16.6. The Bertz CT molecular complexity index is 1750. The average Bonchev–Trinajstić information content (AvgIpc) is 3.41. The third-order valence-corrected chi connectivity index (χ3v) is 9.50. The van der Waals surface area contributed by atoms with Crippen LogP contribution < -0.4 is 10.2 Å². The molecule has 3 atom stereocenters. The first-order chi connectivity index (χ1) is 22.5. The fourth-order valence-corrected chi connectivity index (χ4v) is 7.43. The Kier molecular flexibility index (Phi) is 8.78. The number of β-lactam (4-membered cyclic amide) rings is 1. The number of aromatic nitrogens is 1. The van der Waals surface area contributed by atoms with Crippen molar-refractivity contribution in [3.05, 3.63) is 119 Å². The van der Waals surface area contributed by atoms with E-state index in [1.54, 1.807) is 56.3 Å². The minimum Gasteiger partial charge on any atom is -0.448 e. The van der Waals surface area contributed by atoms with E-state index >= 15 is 0 Å². The molecule has 11 nitrogen and oxygen atoms in total. The summed E-state index contributed by atoms with van der Waals surface area (Å²) in [5, 5.41) is 1.49. The Hall–Kier alpha value is -5.10. The Balaban J connectivity index is 1.37. The lowest BCUT2D eigenvalue weighted by molar-refractivity contribution is -0.153. The average molecular weight is 655 g/mol. The van der Waals surface area contributed by atoms with E-state index in [4.69, 9.17) is 9.47 Å². The van der Waals surface area contributed by atoms with Gasteiger partial charge in [0.05, 0.1) is 28.4 Å². The van der Waals surface area contributed by atoms with Gasteiger partial charge < -0.3 is 19.7 Å². The van der Waals surface area contributed by atoms with Crippen molar-refractivity contribution in [3.8, 4) is 0 Å². The number of ether oxygens (including phenoxy) is 2. The number of nitrogens with zero attached hydrogens (tertiary/aromatic N) is 3. The summed E-state index contributed by atoms with van der Waals surface area (Å²) in [5.41, 5.74) is 1.75. The number of hydrogen-bond acceptors (Lipinski definition) is 8. The minimum absolute atomic E-state index is 0.112. The van der Waals surface area contributed by atoms with Gasteiger partial charge in [0.15, 0.2) is 6.10 Å². The second kappa shape index (κ2) is 13.0. The Morgan fingerprint density at radius 2 is 1.66 bits per heavy atom. The highest BCUT2D eigenvalue weighted by atomic mass is 32.2. The summed E-state index contributed by atoms with van der Waals surface area (Å²) in [6.45, 7) is 5.45. The van der Waals surface area contributed by atoms with Crippen molar-refractivity contribution in [1.82, 2.24) is 15.2 Å². The SMILES string of the molecule is CC(C)(C)OC(=O)N[C@@H]1C(=O)N2C(C(=O)OC(c3ccccc3)c3ccccc3)=C(/C=C3\CCN(c4cccnc4)C3=O)CS(=O)[C@H]12. The normalized spacial score (nSPS) is 21.9. The number of carbonyl (C=O) groups is 4. The molecule has 4 heterocycles. The van der Waals surface area contributed by atoms with Crippen LogP contribution in [0, 0.1) is 0 Å². The molecule has 3 aromatic rings. The number of alkyl carbamates (subject to hydrolysis) is 1. The predicted molar refractivity (Wildman–Crippen MR) is 174 cm³/mol. The van der Waals surface area contributed by atoms with Gasteiger partial charge in [-0.25, -0.2) is 9.59 Å². The Morgan fingerprint density at radius 3 is 2.26 bits per heavy atom. The molecule has 0 spiro atoms. The summed E-state index contributed by atoms with van der Waals surface area (Å²) in [5.74, 6) is -1.88. The Morgan fingerprint density at radius 1 is 1.00 bits per heavy atom. The molecule has 3 aliphatic rings. The molecule has 2 saturated heterocycles. The summed E-state index contributed by atoms with van der Waals surface area (Å²) in [7, 11) is -1.74. The van der Waals surface area contributed by atoms with E-state index in [1.807, 2.05) is 60.7 Å². The molecule has 47 heavy (non-hydrogen) atoms. The molecule has 6 rings (SSSR count). The number of amides is 3. The largest absolute Gasteiger partial charge is 0.448 e. The zero-order valence-electron chi connectivity index (χ0n) is 26.1. The number of carbonyl (C=O) groups excluding carboxylic acids is 4. The van der Waals surface area contributed by atoms with Crippen LogP contribution in [0.4, 0.5) is 10.5 Å². The molecular formula is C35H34N4O7S. The zero-order chi connectivity index (χ0) is 33.3. The highest BCUT2D eigenvalue weighted by Crippen LogP contribution is 2.38. The molecule has 0 saturated carbocycles. The standard InChI is InChI=1S/C35H34N4O7S/c1-35(2,3)46-34(43)37-27-31(41)39-28(33(42)45-29(22-11-6-4-7-12-22)23-13-8-5-9-14-23)25(21-47(44)32(27)39)19-24-16-18-38(30(24)40)26-15-10-17-36-20-26/h4-15,17,19-20,27,29,32H,16,18,21H2,1-3H3,(H,37,43)/b24-19+/t27-,32-,47?/m1/s1. The molecule has 3 aliphatic heterocycles. The number of rotatable bonds is 7. The lowest BCUT2D eigenvalue weighted by Gasteiger charge is -2.49. The number of allylic oxidation sites excluding steroid dienone is 1. The van der Waals surface area contributed by atoms with Gasteiger partial charge in [0.2, 0.25) is 0 Å². The topological polar surface area (TPSA) is 135 Å². The third kappa shape index (κ3) is 6.59. The van der Waals surface area contributed by atoms with Crippen molar-refractivity contribution in [3.63, 3.8) is 0 Å². The monoisotopic (exact) mass is 654 g/mol. The molecule has 1 aromatic heterocycles. The van der Waals surface area contributed by atoms with Crippen LogP contribution in [-0.2, 0) is 34.7 Å². The van der Waals surface area contributed by atoms with E-state index < -0.39 is 51.9 Å². The summed E-state index contributed by atoms with van der Waals surface area (Å²) in [4.78, 5) is 60.7. The highest BCUT2D eigenvalue weighted by molar-refractivity contribution is 7.86. The Labute approximate surface area is 274 Å². The van der Waals surface area contributed by atoms with E-state index in [1.165, 1.54) is 0 Å². The molecule has 242 valence electrons. The van der Waals surface area contributed by atoms with Crippen molar-refractivity contribution in [2.45, 2.75) is 50.3 Å².